The van der Waals surface area contributed by atoms with E-state index in [4.69, 9.17) is 26.2 Å². The van der Waals surface area contributed by atoms with Crippen molar-refractivity contribution >= 4 is 46.1 Å². The van der Waals surface area contributed by atoms with Gasteiger partial charge < -0.3 is 9.47 Å². The van der Waals surface area contributed by atoms with E-state index in [0.717, 1.165) is 53.8 Å². The normalized spacial score (nSPS) is 12.0. The number of rotatable bonds is 13. The van der Waals surface area contributed by atoms with Crippen LogP contribution in [0, 0.1) is 0 Å². The molecule has 234 valence electrons. The van der Waals surface area contributed by atoms with Crippen molar-refractivity contribution in [2.75, 3.05) is 13.2 Å². The highest BCUT2D eigenvalue weighted by Crippen LogP contribution is 2.32. The van der Waals surface area contributed by atoms with Gasteiger partial charge in [-0.3, -0.25) is 4.79 Å². The average molecular weight is 652 g/mol. The van der Waals surface area contributed by atoms with Crippen molar-refractivity contribution in [3.05, 3.63) is 116 Å². The molecular formula is C36H34ClN5O3S. The molecule has 46 heavy (non-hydrogen) atoms. The quantitative estimate of drug-likeness (QED) is 0.119. The van der Waals surface area contributed by atoms with E-state index >= 15 is 0 Å². The molecule has 3 aromatic carbocycles. The van der Waals surface area contributed by atoms with Crippen LogP contribution in [-0.4, -0.2) is 37.6 Å². The molecule has 8 nitrogen and oxygen atoms in total. The van der Waals surface area contributed by atoms with Gasteiger partial charge in [0.2, 0.25) is 4.96 Å². The molecular weight excluding hydrogens is 618 g/mol. The minimum absolute atomic E-state index is 0.239. The van der Waals surface area contributed by atoms with E-state index in [2.05, 4.69) is 23.9 Å². The number of thiazole rings is 1. The van der Waals surface area contributed by atoms with E-state index in [-0.39, 0.29) is 5.56 Å². The molecule has 3 heterocycles. The lowest BCUT2D eigenvalue weighted by molar-refractivity contribution is 0.309. The Bertz CT molecular complexity index is 2070. The van der Waals surface area contributed by atoms with Crippen LogP contribution >= 0.6 is 22.9 Å². The van der Waals surface area contributed by atoms with Crippen LogP contribution in [0.3, 0.4) is 0 Å². The molecule has 0 radical (unpaired) electrons. The van der Waals surface area contributed by atoms with E-state index in [0.29, 0.717) is 45.0 Å². The van der Waals surface area contributed by atoms with Crippen LogP contribution in [0.15, 0.2) is 83.8 Å². The van der Waals surface area contributed by atoms with Crippen molar-refractivity contribution in [3.63, 3.8) is 0 Å². The van der Waals surface area contributed by atoms with Crippen molar-refractivity contribution in [3.8, 4) is 28.4 Å². The number of nitrogens with zero attached hydrogens (tertiary/aromatic N) is 5. The fourth-order valence-electron chi connectivity index (χ4n) is 4.76. The number of hydrogen-bond acceptors (Lipinski definition) is 7. The molecule has 0 aliphatic rings. The SMILES string of the molecule is CCCCOc1ccc(/C=C/c2nc3s/c(=C\c4cn(-c5ccccc5)nc4-c4ccc(OCCCC)c(Cl)c4)c(=O)n3n2)cc1. The summed E-state index contributed by atoms with van der Waals surface area (Å²) in [6.45, 7) is 5.58. The molecule has 0 bridgehead atoms. The average Bonchev–Trinajstić information content (AvgIpc) is 3.76. The third-order valence-corrected chi connectivity index (χ3v) is 8.54. The van der Waals surface area contributed by atoms with Gasteiger partial charge in [0.1, 0.15) is 17.2 Å². The molecule has 6 aromatic rings. The molecule has 0 amide bonds. The number of aromatic nitrogens is 5. The molecule has 6 rings (SSSR count). The van der Waals surface area contributed by atoms with Gasteiger partial charge in [0.25, 0.3) is 5.56 Å². The third-order valence-electron chi connectivity index (χ3n) is 7.28. The minimum Gasteiger partial charge on any atom is -0.494 e. The Balaban J connectivity index is 1.29. The molecule has 0 unspecified atom stereocenters. The maximum absolute atomic E-state index is 13.5. The monoisotopic (exact) mass is 651 g/mol. The summed E-state index contributed by atoms with van der Waals surface area (Å²) in [6, 6.07) is 23.3. The molecule has 0 aliphatic carbocycles. The second-order valence-corrected chi connectivity index (χ2v) is 12.2. The number of fused-ring (bicyclic) bond motifs is 1. The number of unbranched alkanes of at least 4 members (excludes halogenated alkanes) is 2. The highest BCUT2D eigenvalue weighted by atomic mass is 35.5. The standard InChI is InChI=1S/C36H34ClN5O3S/c1-3-5-20-44-29-16-12-25(13-17-29)14-19-33-38-36-42(39-33)35(43)32(46-36)23-27-24-41(28-10-8-7-9-11-28)40-34(27)26-15-18-31(30(37)22-26)45-21-6-4-2/h7-19,22-24H,3-6,20-21H2,1-2H3/b19-14+,32-23-. The van der Waals surface area contributed by atoms with Crippen molar-refractivity contribution in [1.29, 1.82) is 0 Å². The zero-order valence-corrected chi connectivity index (χ0v) is 27.3. The lowest BCUT2D eigenvalue weighted by Gasteiger charge is -2.09. The Morgan fingerprint density at radius 3 is 2.37 bits per heavy atom. The second kappa shape index (κ2) is 14.6. The lowest BCUT2D eigenvalue weighted by Crippen LogP contribution is -2.23. The predicted molar refractivity (Wildman–Crippen MR) is 186 cm³/mol. The van der Waals surface area contributed by atoms with E-state index in [1.165, 1.54) is 15.9 Å². The van der Waals surface area contributed by atoms with Crippen molar-refractivity contribution in [2.45, 2.75) is 39.5 Å². The van der Waals surface area contributed by atoms with Crippen LogP contribution in [0.5, 0.6) is 11.5 Å². The molecule has 3 aromatic heterocycles. The second-order valence-electron chi connectivity index (χ2n) is 10.7. The Morgan fingerprint density at radius 1 is 0.891 bits per heavy atom. The van der Waals surface area contributed by atoms with Crippen LogP contribution in [0.2, 0.25) is 5.02 Å². The number of ether oxygens (including phenoxy) is 2. The number of hydrogen-bond donors (Lipinski definition) is 0. The summed E-state index contributed by atoms with van der Waals surface area (Å²) in [4.78, 5) is 18.6. The van der Waals surface area contributed by atoms with Gasteiger partial charge in [-0.05, 0) is 73.0 Å². The maximum atomic E-state index is 13.5. The van der Waals surface area contributed by atoms with Gasteiger partial charge in [-0.1, -0.05) is 86.0 Å². The van der Waals surface area contributed by atoms with Crippen LogP contribution in [0.4, 0.5) is 0 Å². The van der Waals surface area contributed by atoms with Gasteiger partial charge in [0.05, 0.1) is 28.5 Å². The van der Waals surface area contributed by atoms with E-state index in [9.17, 15) is 4.79 Å². The molecule has 10 heteroatoms. The maximum Gasteiger partial charge on any atom is 0.291 e. The Labute approximate surface area is 276 Å². The van der Waals surface area contributed by atoms with Gasteiger partial charge >= 0.3 is 0 Å². The summed E-state index contributed by atoms with van der Waals surface area (Å²) in [7, 11) is 0. The first-order valence-corrected chi connectivity index (χ1v) is 16.6. The van der Waals surface area contributed by atoms with Gasteiger partial charge in [0, 0.05) is 17.3 Å². The zero-order chi connectivity index (χ0) is 31.9. The van der Waals surface area contributed by atoms with Gasteiger partial charge in [-0.2, -0.15) is 14.6 Å². The van der Waals surface area contributed by atoms with Crippen LogP contribution in [-0.2, 0) is 0 Å². The molecule has 0 aliphatic heterocycles. The van der Waals surface area contributed by atoms with E-state index in [1.807, 2.05) is 91.1 Å². The van der Waals surface area contributed by atoms with Gasteiger partial charge in [-0.15, -0.1) is 5.10 Å². The van der Waals surface area contributed by atoms with Gasteiger partial charge in [0.15, 0.2) is 5.82 Å². The van der Waals surface area contributed by atoms with Gasteiger partial charge in [-0.25, -0.2) is 4.68 Å². The summed E-state index contributed by atoms with van der Waals surface area (Å²) in [5, 5.41) is 9.86. The molecule has 0 saturated carbocycles. The summed E-state index contributed by atoms with van der Waals surface area (Å²) in [5.74, 6) is 1.95. The van der Waals surface area contributed by atoms with Crippen LogP contribution in [0.1, 0.15) is 56.5 Å². The summed E-state index contributed by atoms with van der Waals surface area (Å²) in [5.41, 5.74) is 3.92. The van der Waals surface area contributed by atoms with Crippen LogP contribution < -0.4 is 19.6 Å². The first-order valence-electron chi connectivity index (χ1n) is 15.4. The predicted octanol–water partition coefficient (Wildman–Crippen LogP) is 7.73. The summed E-state index contributed by atoms with van der Waals surface area (Å²) >= 11 is 7.91. The number of para-hydroxylation sites is 1. The molecule has 0 N–H and O–H groups in total. The first kappa shape index (κ1) is 31.3. The third kappa shape index (κ3) is 7.22. The Morgan fingerprint density at radius 2 is 1.65 bits per heavy atom. The molecule has 0 saturated heterocycles. The van der Waals surface area contributed by atoms with Crippen molar-refractivity contribution < 1.29 is 9.47 Å². The van der Waals surface area contributed by atoms with Crippen LogP contribution in [0.25, 0.3) is 40.1 Å². The lowest BCUT2D eigenvalue weighted by atomic mass is 10.1. The Kier molecular flexibility index (Phi) is 9.91. The molecule has 0 fully saturated rings. The largest absolute Gasteiger partial charge is 0.494 e. The summed E-state index contributed by atoms with van der Waals surface area (Å²) in [6.07, 6.45) is 11.6. The zero-order valence-electron chi connectivity index (χ0n) is 25.7. The minimum atomic E-state index is -0.239. The smallest absolute Gasteiger partial charge is 0.291 e. The summed E-state index contributed by atoms with van der Waals surface area (Å²) < 4.78 is 15.2. The van der Waals surface area contributed by atoms with Crippen molar-refractivity contribution in [1.82, 2.24) is 24.4 Å². The Hall–Kier alpha value is -4.73. The fraction of sp³-hybridized carbons (Fsp3) is 0.222. The van der Waals surface area contributed by atoms with Crippen molar-refractivity contribution in [2.24, 2.45) is 0 Å². The molecule has 0 atom stereocenters. The first-order chi connectivity index (χ1) is 22.5. The fourth-order valence-corrected chi connectivity index (χ4v) is 5.90. The molecule has 0 spiro atoms. The van der Waals surface area contributed by atoms with E-state index in [1.54, 1.807) is 10.8 Å². The highest BCUT2D eigenvalue weighted by Gasteiger charge is 2.15. The van der Waals surface area contributed by atoms with E-state index < -0.39 is 0 Å². The topological polar surface area (TPSA) is 83.5 Å². The number of halogens is 1. The number of benzene rings is 3. The highest BCUT2D eigenvalue weighted by molar-refractivity contribution is 7.15.